The van der Waals surface area contributed by atoms with Gasteiger partial charge >= 0.3 is 0 Å². The molecule has 1 fully saturated rings. The topological polar surface area (TPSA) is 6.48 Å². The van der Waals surface area contributed by atoms with Gasteiger partial charge in [-0.05, 0) is 61.1 Å². The summed E-state index contributed by atoms with van der Waals surface area (Å²) in [5, 5.41) is 2.16. The monoisotopic (exact) mass is 384 g/mol. The number of piperazine rings is 1. The maximum Gasteiger partial charge on any atom is 0.0413 e. The predicted octanol–water partition coefficient (Wildman–Crippen LogP) is 5.40. The van der Waals surface area contributed by atoms with Crippen molar-refractivity contribution in [3.8, 4) is 10.4 Å². The fraction of sp³-hybridized carbons (Fsp3) is 0.364. The number of thiophene rings is 1. The van der Waals surface area contributed by atoms with Crippen LogP contribution in [0, 0.1) is 0 Å². The highest BCUT2D eigenvalue weighted by Gasteiger charge is 2.16. The highest BCUT2D eigenvalue weighted by molar-refractivity contribution is 7.22. The van der Waals surface area contributed by atoms with Crippen LogP contribution in [0.3, 0.4) is 0 Å². The summed E-state index contributed by atoms with van der Waals surface area (Å²) in [7, 11) is 2.21. The fourth-order valence-corrected chi connectivity index (χ4v) is 5.15. The molecule has 0 unspecified atom stereocenters. The zero-order valence-corrected chi connectivity index (χ0v) is 16.8. The first-order valence-corrected chi connectivity index (χ1v) is 10.6. The van der Waals surface area contributed by atoms with Crippen molar-refractivity contribution in [3.63, 3.8) is 0 Å². The maximum atomic E-state index is 6.31. The molecular formula is C22H25ClN2S. The van der Waals surface area contributed by atoms with Crippen molar-refractivity contribution in [1.82, 2.24) is 9.80 Å². The molecule has 1 saturated heterocycles. The van der Waals surface area contributed by atoms with Crippen LogP contribution < -0.4 is 0 Å². The predicted molar refractivity (Wildman–Crippen MR) is 115 cm³/mol. The summed E-state index contributed by atoms with van der Waals surface area (Å²) >= 11 is 8.20. The molecule has 1 aliphatic heterocycles. The van der Waals surface area contributed by atoms with Crippen LogP contribution in [0.25, 0.3) is 20.5 Å². The molecule has 2 nitrogen and oxygen atoms in total. The minimum atomic E-state index is 0.829. The summed E-state index contributed by atoms with van der Waals surface area (Å²) in [6.07, 6.45) is 2.30. The molecule has 4 rings (SSSR count). The third-order valence-electron chi connectivity index (χ3n) is 5.29. The summed E-state index contributed by atoms with van der Waals surface area (Å²) in [6.45, 7) is 5.94. The third kappa shape index (κ3) is 3.96. The maximum absolute atomic E-state index is 6.31. The summed E-state index contributed by atoms with van der Waals surface area (Å²) in [6, 6.07) is 17.1. The smallest absolute Gasteiger partial charge is 0.0413 e. The number of nitrogens with zero attached hydrogens (tertiary/aromatic N) is 2. The molecule has 26 heavy (non-hydrogen) atoms. The second-order valence-corrected chi connectivity index (χ2v) is 8.65. The quantitative estimate of drug-likeness (QED) is 0.581. The normalized spacial score (nSPS) is 16.4. The number of halogens is 1. The lowest BCUT2D eigenvalue weighted by Crippen LogP contribution is -2.44. The fourth-order valence-electron chi connectivity index (χ4n) is 3.74. The average Bonchev–Trinajstić information content (AvgIpc) is 3.02. The Morgan fingerprint density at radius 1 is 1.00 bits per heavy atom. The van der Waals surface area contributed by atoms with Crippen LogP contribution in [-0.4, -0.2) is 49.6 Å². The number of rotatable bonds is 5. The second kappa shape index (κ2) is 8.10. The lowest BCUT2D eigenvalue weighted by Gasteiger charge is -2.32. The number of benzene rings is 2. The van der Waals surface area contributed by atoms with Crippen LogP contribution in [-0.2, 0) is 6.42 Å². The van der Waals surface area contributed by atoms with Crippen LogP contribution in [0.15, 0.2) is 48.5 Å². The number of hydrogen-bond acceptors (Lipinski definition) is 3. The van der Waals surface area contributed by atoms with E-state index in [1.54, 1.807) is 0 Å². The molecule has 2 heterocycles. The van der Waals surface area contributed by atoms with Gasteiger partial charge < -0.3 is 9.80 Å². The first kappa shape index (κ1) is 18.0. The molecule has 0 N–H and O–H groups in total. The number of likely N-dealkylation sites (N-methyl/N-ethyl adjacent to an activating group) is 1. The first-order valence-electron chi connectivity index (χ1n) is 9.38. The van der Waals surface area contributed by atoms with Gasteiger partial charge in [-0.3, -0.25) is 0 Å². The van der Waals surface area contributed by atoms with E-state index in [1.165, 1.54) is 65.2 Å². The molecule has 0 amide bonds. The molecular weight excluding hydrogens is 360 g/mol. The summed E-state index contributed by atoms with van der Waals surface area (Å²) in [4.78, 5) is 6.42. The molecule has 3 aromatic rings. The van der Waals surface area contributed by atoms with Gasteiger partial charge in [-0.1, -0.05) is 41.9 Å². The van der Waals surface area contributed by atoms with Crippen molar-refractivity contribution in [1.29, 1.82) is 0 Å². The van der Waals surface area contributed by atoms with Gasteiger partial charge in [-0.25, -0.2) is 0 Å². The Morgan fingerprint density at radius 3 is 2.54 bits per heavy atom. The standard InChI is InChI=1S/C22H25ClN2S/c1-24-12-14-25(15-13-24)11-5-8-19-20-16-18(23)9-10-21(20)26-22(19)17-6-3-2-4-7-17/h2-4,6-7,9-10,16H,5,8,11-15H2,1H3. The van der Waals surface area contributed by atoms with Crippen molar-refractivity contribution in [2.24, 2.45) is 0 Å². The lowest BCUT2D eigenvalue weighted by atomic mass is 10.0. The van der Waals surface area contributed by atoms with Crippen molar-refractivity contribution < 1.29 is 0 Å². The van der Waals surface area contributed by atoms with Gasteiger partial charge in [0.25, 0.3) is 0 Å². The van der Waals surface area contributed by atoms with Crippen molar-refractivity contribution >= 4 is 33.0 Å². The van der Waals surface area contributed by atoms with E-state index >= 15 is 0 Å². The molecule has 4 heteroatoms. The van der Waals surface area contributed by atoms with E-state index in [0.717, 1.165) is 11.4 Å². The molecule has 136 valence electrons. The van der Waals surface area contributed by atoms with Crippen LogP contribution in [0.5, 0.6) is 0 Å². The van der Waals surface area contributed by atoms with E-state index in [9.17, 15) is 0 Å². The molecule has 0 spiro atoms. The minimum Gasteiger partial charge on any atom is -0.304 e. The molecule has 0 radical (unpaired) electrons. The zero-order valence-electron chi connectivity index (χ0n) is 15.2. The van der Waals surface area contributed by atoms with Crippen molar-refractivity contribution in [2.45, 2.75) is 12.8 Å². The Kier molecular flexibility index (Phi) is 5.60. The van der Waals surface area contributed by atoms with Crippen LogP contribution >= 0.6 is 22.9 Å². The number of aryl methyl sites for hydroxylation is 1. The summed E-state index contributed by atoms with van der Waals surface area (Å²) in [5.41, 5.74) is 2.78. The van der Waals surface area contributed by atoms with Gasteiger partial charge in [-0.2, -0.15) is 0 Å². The third-order valence-corrected chi connectivity index (χ3v) is 6.78. The second-order valence-electron chi connectivity index (χ2n) is 7.16. The molecule has 0 atom stereocenters. The molecule has 1 aliphatic rings. The van der Waals surface area contributed by atoms with Gasteiger partial charge in [0.05, 0.1) is 0 Å². The molecule has 0 aliphatic carbocycles. The Bertz CT molecular complexity index is 866. The molecule has 0 bridgehead atoms. The van der Waals surface area contributed by atoms with E-state index in [-0.39, 0.29) is 0 Å². The van der Waals surface area contributed by atoms with Gasteiger partial charge in [-0.15, -0.1) is 11.3 Å². The Morgan fingerprint density at radius 2 is 1.77 bits per heavy atom. The Labute approximate surface area is 165 Å². The van der Waals surface area contributed by atoms with Crippen LogP contribution in [0.4, 0.5) is 0 Å². The number of fused-ring (bicyclic) bond motifs is 1. The zero-order chi connectivity index (χ0) is 17.9. The van der Waals surface area contributed by atoms with Crippen LogP contribution in [0.1, 0.15) is 12.0 Å². The highest BCUT2D eigenvalue weighted by Crippen LogP contribution is 2.40. The summed E-state index contributed by atoms with van der Waals surface area (Å²) in [5.74, 6) is 0. The molecule has 1 aromatic heterocycles. The highest BCUT2D eigenvalue weighted by atomic mass is 35.5. The number of hydrogen-bond donors (Lipinski definition) is 0. The van der Waals surface area contributed by atoms with E-state index in [1.807, 2.05) is 17.4 Å². The van der Waals surface area contributed by atoms with Crippen LogP contribution in [0.2, 0.25) is 5.02 Å². The Hall–Kier alpha value is -1.39. The van der Waals surface area contributed by atoms with E-state index in [2.05, 4.69) is 59.3 Å². The van der Waals surface area contributed by atoms with E-state index in [0.29, 0.717) is 0 Å². The van der Waals surface area contributed by atoms with Gasteiger partial charge in [0.2, 0.25) is 0 Å². The van der Waals surface area contributed by atoms with Gasteiger partial charge in [0.15, 0.2) is 0 Å². The van der Waals surface area contributed by atoms with Gasteiger partial charge in [0.1, 0.15) is 0 Å². The first-order chi connectivity index (χ1) is 12.7. The molecule has 2 aromatic carbocycles. The van der Waals surface area contributed by atoms with Crippen molar-refractivity contribution in [3.05, 3.63) is 59.1 Å². The lowest BCUT2D eigenvalue weighted by molar-refractivity contribution is 0.153. The largest absolute Gasteiger partial charge is 0.304 e. The van der Waals surface area contributed by atoms with Crippen molar-refractivity contribution in [2.75, 3.05) is 39.8 Å². The summed E-state index contributed by atoms with van der Waals surface area (Å²) < 4.78 is 1.34. The van der Waals surface area contributed by atoms with E-state index < -0.39 is 0 Å². The van der Waals surface area contributed by atoms with E-state index in [4.69, 9.17) is 11.6 Å². The molecule has 0 saturated carbocycles. The van der Waals surface area contributed by atoms with Gasteiger partial charge in [0, 0.05) is 40.8 Å². The minimum absolute atomic E-state index is 0.829. The SMILES string of the molecule is CN1CCN(CCCc2c(-c3ccccc3)sc3ccc(Cl)cc23)CC1. The average molecular weight is 385 g/mol. The Balaban J connectivity index is 1.57.